The maximum atomic E-state index is 11.4. The minimum atomic E-state index is -3.19. The first-order valence-electron chi connectivity index (χ1n) is 5.91. The molecule has 106 valence electrons. The molecular formula is C13H20N2O3S. The van der Waals surface area contributed by atoms with Crippen LogP contribution in [0.3, 0.4) is 0 Å². The minimum Gasteiger partial charge on any atom is -0.368 e. The lowest BCUT2D eigenvalue weighted by Crippen LogP contribution is -2.51. The summed E-state index contributed by atoms with van der Waals surface area (Å²) in [7, 11) is -3.19. The molecule has 1 aromatic rings. The van der Waals surface area contributed by atoms with Crippen LogP contribution >= 0.6 is 0 Å². The van der Waals surface area contributed by atoms with Gasteiger partial charge in [0.1, 0.15) is 0 Å². The van der Waals surface area contributed by atoms with E-state index in [9.17, 15) is 13.2 Å². The zero-order valence-electron chi connectivity index (χ0n) is 11.6. The zero-order valence-corrected chi connectivity index (χ0v) is 12.4. The highest BCUT2D eigenvalue weighted by Crippen LogP contribution is 2.18. The van der Waals surface area contributed by atoms with Crippen molar-refractivity contribution in [1.82, 2.24) is 5.32 Å². The van der Waals surface area contributed by atoms with Crippen molar-refractivity contribution in [3.8, 4) is 0 Å². The second-order valence-corrected chi connectivity index (χ2v) is 7.21. The molecule has 0 spiro atoms. The van der Waals surface area contributed by atoms with E-state index in [2.05, 4.69) is 5.32 Å². The molecule has 6 heteroatoms. The number of benzene rings is 1. The van der Waals surface area contributed by atoms with Gasteiger partial charge in [0, 0.05) is 12.3 Å². The number of nitrogens with one attached hydrogen (secondary N) is 1. The van der Waals surface area contributed by atoms with Crippen LogP contribution in [0.1, 0.15) is 32.4 Å². The Kier molecular flexibility index (Phi) is 4.37. The Hall–Kier alpha value is -1.40. The Morgan fingerprint density at radius 1 is 1.26 bits per heavy atom. The van der Waals surface area contributed by atoms with E-state index in [-0.39, 0.29) is 10.9 Å². The summed E-state index contributed by atoms with van der Waals surface area (Å²) in [6.45, 7) is 5.30. The maximum Gasteiger partial charge on any atom is 0.237 e. The molecule has 0 aromatic heterocycles. The highest BCUT2D eigenvalue weighted by atomic mass is 32.2. The SMILES string of the molecule is CC(NC(C)(C)C(N)=O)c1ccc(S(C)(=O)=O)cc1. The van der Waals surface area contributed by atoms with Crippen molar-refractivity contribution in [1.29, 1.82) is 0 Å². The number of amides is 1. The van der Waals surface area contributed by atoms with Crippen LogP contribution in [-0.2, 0) is 14.6 Å². The fraction of sp³-hybridized carbons (Fsp3) is 0.462. The molecule has 0 aliphatic carbocycles. The van der Waals surface area contributed by atoms with Crippen molar-refractivity contribution in [3.05, 3.63) is 29.8 Å². The Balaban J connectivity index is 2.91. The van der Waals surface area contributed by atoms with Crippen molar-refractivity contribution >= 4 is 15.7 Å². The normalized spacial score (nSPS) is 14.1. The van der Waals surface area contributed by atoms with Gasteiger partial charge in [-0.1, -0.05) is 12.1 Å². The summed E-state index contributed by atoms with van der Waals surface area (Å²) in [5.74, 6) is -0.438. The molecule has 19 heavy (non-hydrogen) atoms. The maximum absolute atomic E-state index is 11.4. The molecule has 0 radical (unpaired) electrons. The third-order valence-corrected chi connectivity index (χ3v) is 4.13. The number of rotatable bonds is 5. The van der Waals surface area contributed by atoms with Gasteiger partial charge >= 0.3 is 0 Å². The number of carbonyl (C=O) groups excluding carboxylic acids is 1. The molecule has 5 nitrogen and oxygen atoms in total. The van der Waals surface area contributed by atoms with Crippen LogP contribution in [0.15, 0.2) is 29.2 Å². The second-order valence-electron chi connectivity index (χ2n) is 5.20. The number of carbonyl (C=O) groups is 1. The average Bonchev–Trinajstić information content (AvgIpc) is 2.27. The highest BCUT2D eigenvalue weighted by molar-refractivity contribution is 7.90. The van der Waals surface area contributed by atoms with Crippen molar-refractivity contribution in [2.24, 2.45) is 5.73 Å². The van der Waals surface area contributed by atoms with Crippen LogP contribution in [-0.4, -0.2) is 26.1 Å². The minimum absolute atomic E-state index is 0.115. The van der Waals surface area contributed by atoms with Crippen molar-refractivity contribution < 1.29 is 13.2 Å². The largest absolute Gasteiger partial charge is 0.368 e. The molecule has 0 aliphatic heterocycles. The zero-order chi connectivity index (χ0) is 14.8. The summed E-state index contributed by atoms with van der Waals surface area (Å²) in [6.07, 6.45) is 1.17. The summed E-state index contributed by atoms with van der Waals surface area (Å²) < 4.78 is 22.7. The standard InChI is InChI=1S/C13H20N2O3S/c1-9(15-13(2,3)12(14)16)10-5-7-11(8-6-10)19(4,17)18/h5-9,15H,1-4H3,(H2,14,16). The Morgan fingerprint density at radius 2 is 1.74 bits per heavy atom. The Morgan fingerprint density at radius 3 is 2.11 bits per heavy atom. The molecule has 0 aliphatic rings. The predicted molar refractivity (Wildman–Crippen MR) is 74.4 cm³/mol. The van der Waals surface area contributed by atoms with Gasteiger partial charge < -0.3 is 5.73 Å². The average molecular weight is 284 g/mol. The van der Waals surface area contributed by atoms with Gasteiger partial charge in [-0.05, 0) is 38.5 Å². The van der Waals surface area contributed by atoms with Crippen LogP contribution < -0.4 is 11.1 Å². The van der Waals surface area contributed by atoms with Crippen LogP contribution in [0.5, 0.6) is 0 Å². The van der Waals surface area contributed by atoms with Gasteiger partial charge in [-0.15, -0.1) is 0 Å². The molecule has 0 saturated carbocycles. The van der Waals surface area contributed by atoms with Gasteiger partial charge in [0.15, 0.2) is 9.84 Å². The highest BCUT2D eigenvalue weighted by Gasteiger charge is 2.26. The molecule has 1 rings (SSSR count). The first kappa shape index (κ1) is 15.7. The van der Waals surface area contributed by atoms with Crippen LogP contribution in [0.25, 0.3) is 0 Å². The molecule has 0 fully saturated rings. The molecule has 1 aromatic carbocycles. The molecule has 3 N–H and O–H groups in total. The quantitative estimate of drug-likeness (QED) is 0.844. The van der Waals surface area contributed by atoms with Gasteiger partial charge in [-0.3, -0.25) is 10.1 Å². The Bertz CT molecular complexity index is 562. The van der Waals surface area contributed by atoms with Crippen LogP contribution in [0.2, 0.25) is 0 Å². The molecule has 1 unspecified atom stereocenters. The first-order valence-corrected chi connectivity index (χ1v) is 7.81. The number of primary amides is 1. The number of nitrogens with two attached hydrogens (primary N) is 1. The second kappa shape index (κ2) is 5.30. The van der Waals surface area contributed by atoms with E-state index in [1.807, 2.05) is 6.92 Å². The number of sulfone groups is 1. The molecular weight excluding hydrogens is 264 g/mol. The van der Waals surface area contributed by atoms with Crippen LogP contribution in [0.4, 0.5) is 0 Å². The number of hydrogen-bond acceptors (Lipinski definition) is 4. The smallest absolute Gasteiger partial charge is 0.237 e. The lowest BCUT2D eigenvalue weighted by Gasteiger charge is -2.27. The van der Waals surface area contributed by atoms with Gasteiger partial charge in [0.25, 0.3) is 0 Å². The topological polar surface area (TPSA) is 89.3 Å². The van der Waals surface area contributed by atoms with Crippen molar-refractivity contribution in [3.63, 3.8) is 0 Å². The van der Waals surface area contributed by atoms with E-state index in [0.29, 0.717) is 0 Å². The predicted octanol–water partition coefficient (Wildman–Crippen LogP) is 1.00. The summed E-state index contributed by atoms with van der Waals surface area (Å²) in [5, 5.41) is 3.11. The summed E-state index contributed by atoms with van der Waals surface area (Å²) in [6, 6.07) is 6.45. The van der Waals surface area contributed by atoms with Gasteiger partial charge in [-0.2, -0.15) is 0 Å². The molecule has 0 heterocycles. The van der Waals surface area contributed by atoms with E-state index < -0.39 is 21.3 Å². The van der Waals surface area contributed by atoms with E-state index in [4.69, 9.17) is 5.73 Å². The molecule has 0 bridgehead atoms. The third kappa shape index (κ3) is 4.04. The number of hydrogen-bond donors (Lipinski definition) is 2. The van der Waals surface area contributed by atoms with Crippen LogP contribution in [0, 0.1) is 0 Å². The first-order chi connectivity index (χ1) is 8.54. The van der Waals surface area contributed by atoms with Gasteiger partial charge in [0.05, 0.1) is 10.4 Å². The molecule has 1 amide bonds. The lowest BCUT2D eigenvalue weighted by molar-refractivity contribution is -0.123. The molecule has 0 saturated heterocycles. The van der Waals surface area contributed by atoms with E-state index in [0.717, 1.165) is 5.56 Å². The van der Waals surface area contributed by atoms with E-state index in [1.165, 1.54) is 6.26 Å². The van der Waals surface area contributed by atoms with E-state index >= 15 is 0 Å². The lowest BCUT2D eigenvalue weighted by atomic mass is 10.0. The third-order valence-electron chi connectivity index (χ3n) is 3.00. The fourth-order valence-electron chi connectivity index (χ4n) is 1.70. The van der Waals surface area contributed by atoms with Gasteiger partial charge in [-0.25, -0.2) is 8.42 Å². The van der Waals surface area contributed by atoms with Crippen molar-refractivity contribution in [2.75, 3.05) is 6.26 Å². The van der Waals surface area contributed by atoms with Gasteiger partial charge in [0.2, 0.25) is 5.91 Å². The molecule has 1 atom stereocenters. The summed E-state index contributed by atoms with van der Waals surface area (Å²) in [5.41, 5.74) is 5.36. The summed E-state index contributed by atoms with van der Waals surface area (Å²) in [4.78, 5) is 11.5. The van der Waals surface area contributed by atoms with Crippen molar-refractivity contribution in [2.45, 2.75) is 37.2 Å². The summed E-state index contributed by atoms with van der Waals surface area (Å²) >= 11 is 0. The van der Waals surface area contributed by atoms with E-state index in [1.54, 1.807) is 38.1 Å². The monoisotopic (exact) mass is 284 g/mol. The Labute approximate surface area is 114 Å². The fourth-order valence-corrected chi connectivity index (χ4v) is 2.33.